The van der Waals surface area contributed by atoms with Crippen LogP contribution in [0.2, 0.25) is 0 Å². The van der Waals surface area contributed by atoms with Gasteiger partial charge in [0.25, 0.3) is 5.75 Å². The fourth-order valence-electron chi connectivity index (χ4n) is 3.77. The number of rotatable bonds is 7. The molecule has 0 amide bonds. The molecule has 2 heterocycles. The highest BCUT2D eigenvalue weighted by molar-refractivity contribution is 5.78. The van der Waals surface area contributed by atoms with Crippen LogP contribution in [0.1, 0.15) is 28.5 Å². The van der Waals surface area contributed by atoms with Crippen LogP contribution in [0.15, 0.2) is 82.1 Å². The topological polar surface area (TPSA) is 105 Å². The lowest BCUT2D eigenvalue weighted by Crippen LogP contribution is -1.88. The lowest BCUT2D eigenvalue weighted by molar-refractivity contribution is 0.112. The standard InChI is InChI=1S/C28H21N3O4/c1-3-18-15-21(25-24(4-2)29-26(34-25)19-7-5-17(16-32)6-8-19)11-14-23(18)28-31-30-27(35-28)20-9-12-22(33)13-10-20/h3,5-16,33H,1,4H2,2H3/p+1. The molecule has 5 rings (SSSR count). The van der Waals surface area contributed by atoms with E-state index in [0.29, 0.717) is 41.2 Å². The maximum Gasteiger partial charge on any atom is 0.253 e. The number of carbonyl (C=O) groups excluding carboxylic acids is 1. The number of hydrogen-bond acceptors (Lipinski definition) is 6. The van der Waals surface area contributed by atoms with Crippen molar-refractivity contribution < 1.29 is 18.7 Å². The summed E-state index contributed by atoms with van der Waals surface area (Å²) in [5.74, 6) is 2.35. The van der Waals surface area contributed by atoms with Crippen LogP contribution in [0.25, 0.3) is 51.8 Å². The molecular weight excluding hydrogens is 442 g/mol. The molecule has 0 atom stereocenters. The molecule has 0 saturated carbocycles. The summed E-state index contributed by atoms with van der Waals surface area (Å²) in [7, 11) is 0. The van der Waals surface area contributed by atoms with E-state index in [9.17, 15) is 4.79 Å². The van der Waals surface area contributed by atoms with E-state index in [0.717, 1.165) is 39.8 Å². The van der Waals surface area contributed by atoms with E-state index in [1.54, 1.807) is 42.5 Å². The molecule has 0 aliphatic rings. The monoisotopic (exact) mass is 464 g/mol. The molecular formula is C28H22N3O4+. The fraction of sp³-hybridized carbons (Fsp3) is 0.0714. The summed E-state index contributed by atoms with van der Waals surface area (Å²) in [5.41, 5.74) is 5.40. The SMILES string of the molecule is C=Cc1cc(-c2oc(-c3ccc(C=O)cc3)nc2CC)ccc1-c1nnc(-c2ccc([OH2+])cc2)o1. The van der Waals surface area contributed by atoms with Gasteiger partial charge in [-0.1, -0.05) is 37.8 Å². The summed E-state index contributed by atoms with van der Waals surface area (Å²) in [5, 5.41) is 16.0. The van der Waals surface area contributed by atoms with Gasteiger partial charge in [0.15, 0.2) is 5.76 Å². The van der Waals surface area contributed by atoms with Crippen LogP contribution in [0.5, 0.6) is 5.75 Å². The van der Waals surface area contributed by atoms with E-state index < -0.39 is 0 Å². The van der Waals surface area contributed by atoms with Gasteiger partial charge < -0.3 is 13.9 Å². The largest absolute Gasteiger partial charge is 0.593 e. The average molecular weight is 465 g/mol. The Morgan fingerprint density at radius 2 is 1.51 bits per heavy atom. The molecule has 0 fully saturated rings. The molecule has 35 heavy (non-hydrogen) atoms. The van der Waals surface area contributed by atoms with Crippen LogP contribution in [-0.2, 0) is 6.42 Å². The van der Waals surface area contributed by atoms with Crippen molar-refractivity contribution in [1.29, 1.82) is 0 Å². The lowest BCUT2D eigenvalue weighted by atomic mass is 10.0. The molecule has 0 spiro atoms. The van der Waals surface area contributed by atoms with Crippen LogP contribution < -0.4 is 0 Å². The Kier molecular flexibility index (Phi) is 5.81. The second-order valence-electron chi connectivity index (χ2n) is 7.88. The zero-order chi connectivity index (χ0) is 24.4. The summed E-state index contributed by atoms with van der Waals surface area (Å²) in [6, 6.07) is 19.8. The molecule has 0 saturated heterocycles. The number of benzene rings is 3. The first-order chi connectivity index (χ1) is 17.1. The summed E-state index contributed by atoms with van der Waals surface area (Å²) >= 11 is 0. The third-order valence-corrected chi connectivity index (χ3v) is 5.65. The Hall–Kier alpha value is -4.78. The van der Waals surface area contributed by atoms with Crippen molar-refractivity contribution >= 4 is 12.4 Å². The van der Waals surface area contributed by atoms with Crippen LogP contribution in [-0.4, -0.2) is 26.6 Å². The van der Waals surface area contributed by atoms with Crippen LogP contribution in [0.4, 0.5) is 0 Å². The molecule has 0 bridgehead atoms. The number of aryl methyl sites for hydroxylation is 1. The molecule has 2 N–H and O–H groups in total. The molecule has 7 nitrogen and oxygen atoms in total. The highest BCUT2D eigenvalue weighted by atomic mass is 16.4. The quantitative estimate of drug-likeness (QED) is 0.210. The smallest absolute Gasteiger partial charge is 0.253 e. The molecule has 0 aliphatic heterocycles. The van der Waals surface area contributed by atoms with Crippen molar-refractivity contribution in [3.8, 4) is 51.4 Å². The minimum atomic E-state index is 0.376. The van der Waals surface area contributed by atoms with Crippen molar-refractivity contribution in [3.05, 3.63) is 90.1 Å². The number of oxazole rings is 1. The Morgan fingerprint density at radius 1 is 0.857 bits per heavy atom. The zero-order valence-corrected chi connectivity index (χ0v) is 19.0. The number of hydrogen-bond donors (Lipinski definition) is 0. The predicted octanol–water partition coefficient (Wildman–Crippen LogP) is 6.18. The summed E-state index contributed by atoms with van der Waals surface area (Å²) in [6.45, 7) is 5.98. The average Bonchev–Trinajstić information content (AvgIpc) is 3.57. The third-order valence-electron chi connectivity index (χ3n) is 5.65. The molecule has 0 unspecified atom stereocenters. The maximum atomic E-state index is 11.0. The Labute approximate surface area is 201 Å². The van der Waals surface area contributed by atoms with Gasteiger partial charge in [-0.05, 0) is 48.4 Å². The Bertz CT molecular complexity index is 1510. The number of nitrogens with zero attached hydrogens (tertiary/aromatic N) is 3. The number of aldehydes is 1. The lowest BCUT2D eigenvalue weighted by Gasteiger charge is -2.05. The fourth-order valence-corrected chi connectivity index (χ4v) is 3.77. The Balaban J connectivity index is 1.50. The van der Waals surface area contributed by atoms with E-state index in [1.165, 1.54) is 0 Å². The predicted molar refractivity (Wildman–Crippen MR) is 134 cm³/mol. The van der Waals surface area contributed by atoms with Crippen molar-refractivity contribution in [2.24, 2.45) is 0 Å². The van der Waals surface area contributed by atoms with E-state index >= 15 is 0 Å². The number of aromatic nitrogens is 3. The van der Waals surface area contributed by atoms with Gasteiger partial charge in [-0.2, -0.15) is 0 Å². The van der Waals surface area contributed by atoms with Crippen LogP contribution >= 0.6 is 0 Å². The first-order valence-electron chi connectivity index (χ1n) is 11.1. The van der Waals surface area contributed by atoms with E-state index in [1.807, 2.05) is 37.3 Å². The van der Waals surface area contributed by atoms with Gasteiger partial charge in [0.1, 0.15) is 6.29 Å². The molecule has 0 radical (unpaired) electrons. The summed E-state index contributed by atoms with van der Waals surface area (Å²) in [4.78, 5) is 15.6. The highest BCUT2D eigenvalue weighted by Gasteiger charge is 2.18. The first-order valence-corrected chi connectivity index (χ1v) is 11.1. The molecule has 172 valence electrons. The minimum absolute atomic E-state index is 0.376. The first kappa shape index (κ1) is 22.0. The van der Waals surface area contributed by atoms with Crippen molar-refractivity contribution in [1.82, 2.24) is 15.2 Å². The second-order valence-corrected chi connectivity index (χ2v) is 7.88. The van der Waals surface area contributed by atoms with Gasteiger partial charge in [-0.15, -0.1) is 10.2 Å². The van der Waals surface area contributed by atoms with E-state index in [4.69, 9.17) is 13.9 Å². The van der Waals surface area contributed by atoms with Gasteiger partial charge in [0, 0.05) is 39.9 Å². The molecule has 5 aromatic rings. The third kappa shape index (κ3) is 4.27. The number of carbonyl (C=O) groups is 1. The van der Waals surface area contributed by atoms with Crippen LogP contribution in [0.3, 0.4) is 0 Å². The molecule has 3 aromatic carbocycles. The van der Waals surface area contributed by atoms with Crippen LogP contribution in [0, 0.1) is 0 Å². The maximum absolute atomic E-state index is 11.0. The molecule has 2 aromatic heterocycles. The van der Waals surface area contributed by atoms with Gasteiger partial charge in [-0.25, -0.2) is 4.98 Å². The summed E-state index contributed by atoms with van der Waals surface area (Å²) in [6.07, 6.45) is 3.24. The minimum Gasteiger partial charge on any atom is -0.593 e. The molecule has 0 aliphatic carbocycles. The van der Waals surface area contributed by atoms with E-state index in [-0.39, 0.29) is 0 Å². The Morgan fingerprint density at radius 3 is 2.20 bits per heavy atom. The second kappa shape index (κ2) is 9.23. The van der Waals surface area contributed by atoms with Crippen molar-refractivity contribution in [2.45, 2.75) is 13.3 Å². The normalized spacial score (nSPS) is 10.9. The zero-order valence-electron chi connectivity index (χ0n) is 19.0. The molecule has 7 heteroatoms. The van der Waals surface area contributed by atoms with E-state index in [2.05, 4.69) is 21.8 Å². The summed E-state index contributed by atoms with van der Waals surface area (Å²) < 4.78 is 12.1. The highest BCUT2D eigenvalue weighted by Crippen LogP contribution is 2.34. The van der Waals surface area contributed by atoms with Gasteiger partial charge in [0.2, 0.25) is 17.7 Å². The van der Waals surface area contributed by atoms with Crippen molar-refractivity contribution in [3.63, 3.8) is 0 Å². The van der Waals surface area contributed by atoms with Crippen molar-refractivity contribution in [2.75, 3.05) is 0 Å². The van der Waals surface area contributed by atoms with Gasteiger partial charge >= 0.3 is 0 Å². The van der Waals surface area contributed by atoms with Gasteiger partial charge in [-0.3, -0.25) is 4.79 Å². The van der Waals surface area contributed by atoms with Gasteiger partial charge in [0.05, 0.1) is 5.69 Å².